The van der Waals surface area contributed by atoms with Gasteiger partial charge in [-0.05, 0) is 49.4 Å². The van der Waals surface area contributed by atoms with Crippen LogP contribution in [0.15, 0.2) is 30.5 Å². The Bertz CT molecular complexity index is 702. The van der Waals surface area contributed by atoms with Gasteiger partial charge in [-0.1, -0.05) is 18.2 Å². The minimum absolute atomic E-state index is 0.304. The van der Waals surface area contributed by atoms with Crippen molar-refractivity contribution in [1.82, 2.24) is 10.2 Å². The third-order valence-electron chi connectivity index (χ3n) is 5.47. The second kappa shape index (κ2) is 4.97. The summed E-state index contributed by atoms with van der Waals surface area (Å²) in [6, 6.07) is 8.77. The molecule has 0 aliphatic carbocycles. The molecule has 1 aromatic carbocycles. The maximum atomic E-state index is 4.38. The van der Waals surface area contributed by atoms with Crippen molar-refractivity contribution in [3.63, 3.8) is 0 Å². The largest absolute Gasteiger partial charge is 0.384 e. The SMILES string of the molecule is Cc1cnnc(N2CCC3(CC2)CNc2ccccc23)c1C. The van der Waals surface area contributed by atoms with E-state index in [9.17, 15) is 0 Å². The molecular weight excluding hydrogens is 272 g/mol. The fraction of sp³-hybridized carbons (Fsp3) is 0.444. The summed E-state index contributed by atoms with van der Waals surface area (Å²) in [4.78, 5) is 2.40. The summed E-state index contributed by atoms with van der Waals surface area (Å²) in [6.45, 7) is 7.43. The number of benzene rings is 1. The fourth-order valence-corrected chi connectivity index (χ4v) is 3.87. The predicted octanol–water partition coefficient (Wildman–Crippen LogP) is 3.06. The minimum atomic E-state index is 0.304. The Morgan fingerprint density at radius 3 is 2.73 bits per heavy atom. The summed E-state index contributed by atoms with van der Waals surface area (Å²) >= 11 is 0. The lowest BCUT2D eigenvalue weighted by Gasteiger charge is -2.40. The van der Waals surface area contributed by atoms with Crippen LogP contribution in [0.1, 0.15) is 29.5 Å². The van der Waals surface area contributed by atoms with Crippen LogP contribution in [0.4, 0.5) is 11.5 Å². The number of hydrogen-bond donors (Lipinski definition) is 1. The van der Waals surface area contributed by atoms with Gasteiger partial charge in [0.1, 0.15) is 0 Å². The summed E-state index contributed by atoms with van der Waals surface area (Å²) in [7, 11) is 0. The number of rotatable bonds is 1. The highest BCUT2D eigenvalue weighted by atomic mass is 15.3. The van der Waals surface area contributed by atoms with Gasteiger partial charge in [-0.2, -0.15) is 5.10 Å². The van der Waals surface area contributed by atoms with E-state index in [0.29, 0.717) is 5.41 Å². The maximum absolute atomic E-state index is 4.38. The molecule has 2 aromatic rings. The molecular formula is C18H22N4. The number of aromatic nitrogens is 2. The summed E-state index contributed by atoms with van der Waals surface area (Å²) in [5.41, 5.74) is 5.61. The molecule has 0 atom stereocenters. The Morgan fingerprint density at radius 1 is 1.14 bits per heavy atom. The van der Waals surface area contributed by atoms with Crippen molar-refractivity contribution in [3.05, 3.63) is 47.2 Å². The second-order valence-electron chi connectivity index (χ2n) is 6.64. The van der Waals surface area contributed by atoms with Crippen LogP contribution in [0.5, 0.6) is 0 Å². The molecule has 1 fully saturated rings. The van der Waals surface area contributed by atoms with Crippen LogP contribution in [0.25, 0.3) is 0 Å². The monoisotopic (exact) mass is 294 g/mol. The molecule has 2 aliphatic rings. The van der Waals surface area contributed by atoms with Gasteiger partial charge in [0.2, 0.25) is 0 Å². The van der Waals surface area contributed by atoms with Crippen LogP contribution in [-0.4, -0.2) is 29.8 Å². The molecule has 0 radical (unpaired) electrons. The molecule has 114 valence electrons. The normalized spacial score (nSPS) is 19.1. The van der Waals surface area contributed by atoms with E-state index >= 15 is 0 Å². The molecule has 1 aromatic heterocycles. The molecule has 4 nitrogen and oxygen atoms in total. The summed E-state index contributed by atoms with van der Waals surface area (Å²) in [5, 5.41) is 12.1. The molecule has 1 spiro atoms. The van der Waals surface area contributed by atoms with Crippen molar-refractivity contribution in [3.8, 4) is 0 Å². The fourth-order valence-electron chi connectivity index (χ4n) is 3.87. The Labute approximate surface area is 131 Å². The van der Waals surface area contributed by atoms with Gasteiger partial charge in [-0.25, -0.2) is 0 Å². The lowest BCUT2D eigenvalue weighted by atomic mass is 9.74. The summed E-state index contributed by atoms with van der Waals surface area (Å²) in [5.74, 6) is 1.06. The second-order valence-corrected chi connectivity index (χ2v) is 6.64. The van der Waals surface area contributed by atoms with E-state index in [4.69, 9.17) is 0 Å². The predicted molar refractivity (Wildman–Crippen MR) is 89.6 cm³/mol. The van der Waals surface area contributed by atoms with Gasteiger partial charge in [-0.15, -0.1) is 5.10 Å². The van der Waals surface area contributed by atoms with E-state index in [2.05, 4.69) is 58.5 Å². The number of hydrogen-bond acceptors (Lipinski definition) is 4. The summed E-state index contributed by atoms with van der Waals surface area (Å²) < 4.78 is 0. The van der Waals surface area contributed by atoms with E-state index in [1.54, 1.807) is 0 Å². The van der Waals surface area contributed by atoms with Crippen LogP contribution in [0, 0.1) is 13.8 Å². The van der Waals surface area contributed by atoms with E-state index in [1.165, 1.54) is 35.2 Å². The number of anilines is 2. The maximum Gasteiger partial charge on any atom is 0.154 e. The third kappa shape index (κ3) is 1.97. The molecule has 22 heavy (non-hydrogen) atoms. The highest BCUT2D eigenvalue weighted by molar-refractivity contribution is 5.61. The lowest BCUT2D eigenvalue weighted by Crippen LogP contribution is -2.44. The van der Waals surface area contributed by atoms with Crippen molar-refractivity contribution < 1.29 is 0 Å². The Kier molecular flexibility index (Phi) is 3.06. The standard InChI is InChI=1S/C18H22N4/c1-13-11-20-21-17(14(13)2)22-9-7-18(8-10-22)12-19-16-6-4-3-5-15(16)18/h3-6,11,19H,7-10,12H2,1-2H3. The highest BCUT2D eigenvalue weighted by Gasteiger charge is 2.41. The summed E-state index contributed by atoms with van der Waals surface area (Å²) in [6.07, 6.45) is 4.19. The quantitative estimate of drug-likeness (QED) is 0.877. The van der Waals surface area contributed by atoms with Crippen LogP contribution in [0.3, 0.4) is 0 Å². The molecule has 1 saturated heterocycles. The number of nitrogens with one attached hydrogen (secondary N) is 1. The Hall–Kier alpha value is -2.10. The Balaban J connectivity index is 1.58. The molecule has 4 heteroatoms. The minimum Gasteiger partial charge on any atom is -0.384 e. The van der Waals surface area contributed by atoms with Gasteiger partial charge in [0, 0.05) is 30.7 Å². The van der Waals surface area contributed by atoms with E-state index < -0.39 is 0 Å². The number of para-hydroxylation sites is 1. The molecule has 0 amide bonds. The molecule has 1 N–H and O–H groups in total. The van der Waals surface area contributed by atoms with Gasteiger partial charge in [-0.3, -0.25) is 0 Å². The van der Waals surface area contributed by atoms with Crippen molar-refractivity contribution in [2.24, 2.45) is 0 Å². The van der Waals surface area contributed by atoms with Crippen LogP contribution in [0.2, 0.25) is 0 Å². The topological polar surface area (TPSA) is 41.1 Å². The van der Waals surface area contributed by atoms with Gasteiger partial charge >= 0.3 is 0 Å². The lowest BCUT2D eigenvalue weighted by molar-refractivity contribution is 0.360. The molecule has 4 rings (SSSR count). The van der Waals surface area contributed by atoms with Crippen molar-refractivity contribution in [2.75, 3.05) is 29.9 Å². The smallest absolute Gasteiger partial charge is 0.154 e. The molecule has 0 saturated carbocycles. The first-order valence-corrected chi connectivity index (χ1v) is 8.07. The Morgan fingerprint density at radius 2 is 1.91 bits per heavy atom. The number of aryl methyl sites for hydroxylation is 1. The van der Waals surface area contributed by atoms with Gasteiger partial charge in [0.05, 0.1) is 6.20 Å². The average Bonchev–Trinajstić information content (AvgIpc) is 2.90. The first-order chi connectivity index (χ1) is 10.7. The number of nitrogens with zero attached hydrogens (tertiary/aromatic N) is 3. The van der Waals surface area contributed by atoms with Gasteiger partial charge in [0.25, 0.3) is 0 Å². The van der Waals surface area contributed by atoms with Crippen molar-refractivity contribution in [1.29, 1.82) is 0 Å². The average molecular weight is 294 g/mol. The van der Waals surface area contributed by atoms with E-state index in [1.807, 2.05) is 6.20 Å². The van der Waals surface area contributed by atoms with Crippen LogP contribution >= 0.6 is 0 Å². The zero-order chi connectivity index (χ0) is 15.2. The molecule has 2 aliphatic heterocycles. The van der Waals surface area contributed by atoms with Crippen molar-refractivity contribution in [2.45, 2.75) is 32.1 Å². The number of piperidine rings is 1. The highest BCUT2D eigenvalue weighted by Crippen LogP contribution is 2.44. The molecule has 0 bridgehead atoms. The van der Waals surface area contributed by atoms with Crippen LogP contribution in [-0.2, 0) is 5.41 Å². The molecule has 3 heterocycles. The zero-order valence-electron chi connectivity index (χ0n) is 13.3. The van der Waals surface area contributed by atoms with E-state index in [-0.39, 0.29) is 0 Å². The van der Waals surface area contributed by atoms with Crippen LogP contribution < -0.4 is 10.2 Å². The van der Waals surface area contributed by atoms with Gasteiger partial charge in [0.15, 0.2) is 5.82 Å². The first kappa shape index (κ1) is 13.6. The number of fused-ring (bicyclic) bond motifs is 2. The third-order valence-corrected chi connectivity index (χ3v) is 5.47. The molecule has 0 unspecified atom stereocenters. The van der Waals surface area contributed by atoms with E-state index in [0.717, 1.165) is 25.5 Å². The first-order valence-electron chi connectivity index (χ1n) is 8.07. The van der Waals surface area contributed by atoms with Crippen molar-refractivity contribution >= 4 is 11.5 Å². The van der Waals surface area contributed by atoms with Gasteiger partial charge < -0.3 is 10.2 Å². The zero-order valence-corrected chi connectivity index (χ0v) is 13.3.